The molecule has 0 aliphatic carbocycles. The summed E-state index contributed by atoms with van der Waals surface area (Å²) in [5, 5.41) is 19.6. The molecule has 0 aliphatic rings. The summed E-state index contributed by atoms with van der Waals surface area (Å²) < 4.78 is 0. The van der Waals surface area contributed by atoms with Gasteiger partial charge in [0.1, 0.15) is 6.10 Å². The first-order valence-corrected chi connectivity index (χ1v) is 5.19. The number of benzene rings is 1. The number of rotatable bonds is 4. The van der Waals surface area contributed by atoms with Gasteiger partial charge in [0.25, 0.3) is 0 Å². The lowest BCUT2D eigenvalue weighted by molar-refractivity contribution is 0.0146. The summed E-state index contributed by atoms with van der Waals surface area (Å²) in [7, 11) is 0. The first kappa shape index (κ1) is 12.2. The van der Waals surface area contributed by atoms with Gasteiger partial charge >= 0.3 is 0 Å². The molecule has 0 aromatic heterocycles. The predicted octanol–water partition coefficient (Wildman–Crippen LogP) is 1.05. The highest BCUT2D eigenvalue weighted by Gasteiger charge is 2.19. The summed E-state index contributed by atoms with van der Waals surface area (Å²) in [6.45, 7) is 4.27. The van der Waals surface area contributed by atoms with Crippen molar-refractivity contribution < 1.29 is 10.2 Å². The third-order valence-electron chi connectivity index (χ3n) is 2.58. The van der Waals surface area contributed by atoms with Crippen LogP contribution in [0.25, 0.3) is 0 Å². The van der Waals surface area contributed by atoms with E-state index in [2.05, 4.69) is 0 Å². The van der Waals surface area contributed by atoms with Crippen LogP contribution in [0.5, 0.6) is 0 Å². The molecule has 1 aromatic rings. The molecule has 2 unspecified atom stereocenters. The highest BCUT2D eigenvalue weighted by molar-refractivity contribution is 5.32. The lowest BCUT2D eigenvalue weighted by Gasteiger charge is -2.19. The monoisotopic (exact) mass is 209 g/mol. The highest BCUT2D eigenvalue weighted by Crippen LogP contribution is 2.23. The lowest BCUT2D eigenvalue weighted by Crippen LogP contribution is -2.22. The number of aryl methyl sites for hydroxylation is 2. The summed E-state index contributed by atoms with van der Waals surface area (Å²) in [5.74, 6) is 0. The molecule has 1 aromatic carbocycles. The Balaban J connectivity index is 2.89. The topological polar surface area (TPSA) is 66.5 Å². The minimum Gasteiger partial charge on any atom is -0.390 e. The maximum atomic E-state index is 9.92. The Hall–Kier alpha value is -0.900. The van der Waals surface area contributed by atoms with Crippen LogP contribution in [0.2, 0.25) is 0 Å². The number of nitrogens with two attached hydrogens (primary N) is 1. The van der Waals surface area contributed by atoms with Gasteiger partial charge in [-0.1, -0.05) is 23.8 Å². The van der Waals surface area contributed by atoms with E-state index in [4.69, 9.17) is 5.73 Å². The molecule has 0 fully saturated rings. The van der Waals surface area contributed by atoms with Gasteiger partial charge < -0.3 is 15.9 Å². The minimum atomic E-state index is -0.839. The molecule has 0 bridgehead atoms. The number of hydrogen-bond acceptors (Lipinski definition) is 3. The molecule has 0 heterocycles. The van der Waals surface area contributed by atoms with Gasteiger partial charge in [-0.2, -0.15) is 0 Å². The molecule has 84 valence electrons. The van der Waals surface area contributed by atoms with Crippen LogP contribution in [0.1, 0.15) is 29.2 Å². The van der Waals surface area contributed by atoms with E-state index in [1.165, 1.54) is 0 Å². The Bertz CT molecular complexity index is 325. The summed E-state index contributed by atoms with van der Waals surface area (Å²) in [6.07, 6.45) is -1.21. The molecule has 3 nitrogen and oxygen atoms in total. The molecule has 3 heteroatoms. The molecule has 4 N–H and O–H groups in total. The van der Waals surface area contributed by atoms with E-state index in [0.717, 1.165) is 16.7 Å². The van der Waals surface area contributed by atoms with Gasteiger partial charge in [-0.05, 0) is 37.9 Å². The van der Waals surface area contributed by atoms with Gasteiger partial charge in [-0.3, -0.25) is 0 Å². The lowest BCUT2D eigenvalue weighted by atomic mass is 9.96. The molecule has 0 saturated carbocycles. The Morgan fingerprint density at radius 2 is 1.93 bits per heavy atom. The zero-order chi connectivity index (χ0) is 11.4. The minimum absolute atomic E-state index is 0.378. The van der Waals surface area contributed by atoms with Crippen LogP contribution in [0.4, 0.5) is 0 Å². The van der Waals surface area contributed by atoms with Crippen LogP contribution >= 0.6 is 0 Å². The van der Waals surface area contributed by atoms with Crippen LogP contribution in [-0.4, -0.2) is 22.9 Å². The van der Waals surface area contributed by atoms with Crippen LogP contribution in [0.3, 0.4) is 0 Å². The molecule has 0 amide bonds. The molecule has 0 saturated heterocycles. The first-order valence-electron chi connectivity index (χ1n) is 5.19. The zero-order valence-corrected chi connectivity index (χ0v) is 9.27. The summed E-state index contributed by atoms with van der Waals surface area (Å²) >= 11 is 0. The average Bonchev–Trinajstić information content (AvgIpc) is 2.21. The normalized spacial score (nSPS) is 15.0. The largest absolute Gasteiger partial charge is 0.390 e. The van der Waals surface area contributed by atoms with Gasteiger partial charge in [0.05, 0.1) is 6.10 Å². The predicted molar refractivity (Wildman–Crippen MR) is 60.6 cm³/mol. The van der Waals surface area contributed by atoms with Gasteiger partial charge in [-0.15, -0.1) is 0 Å². The molecule has 0 aliphatic heterocycles. The highest BCUT2D eigenvalue weighted by atomic mass is 16.3. The molecule has 0 radical (unpaired) electrons. The van der Waals surface area contributed by atoms with Crippen molar-refractivity contribution in [2.24, 2.45) is 5.73 Å². The molecular weight excluding hydrogens is 190 g/mol. The van der Waals surface area contributed by atoms with E-state index < -0.39 is 12.2 Å². The van der Waals surface area contributed by atoms with E-state index >= 15 is 0 Å². The van der Waals surface area contributed by atoms with Crippen LogP contribution in [0.15, 0.2) is 18.2 Å². The fraction of sp³-hybridized carbons (Fsp3) is 0.500. The second kappa shape index (κ2) is 5.26. The smallest absolute Gasteiger partial charge is 0.105 e. The van der Waals surface area contributed by atoms with E-state index in [9.17, 15) is 10.2 Å². The number of aliphatic hydroxyl groups excluding tert-OH is 2. The molecule has 0 spiro atoms. The summed E-state index contributed by atoms with van der Waals surface area (Å²) in [5.41, 5.74) is 8.20. The maximum absolute atomic E-state index is 9.92. The van der Waals surface area contributed by atoms with Crippen molar-refractivity contribution >= 4 is 0 Å². The standard InChI is InChI=1S/C12H19NO2/c1-8-3-4-9(2)10(7-8)12(15)11(14)5-6-13/h3-4,7,11-12,14-15H,5-6,13H2,1-2H3. The second-order valence-corrected chi connectivity index (χ2v) is 3.95. The van der Waals surface area contributed by atoms with Crippen LogP contribution in [-0.2, 0) is 0 Å². The summed E-state index contributed by atoms with van der Waals surface area (Å²) in [4.78, 5) is 0. The fourth-order valence-corrected chi connectivity index (χ4v) is 1.61. The van der Waals surface area contributed by atoms with Gasteiger partial charge in [0.15, 0.2) is 0 Å². The van der Waals surface area contributed by atoms with Crippen molar-refractivity contribution in [2.75, 3.05) is 6.54 Å². The number of aliphatic hydroxyl groups is 2. The van der Waals surface area contributed by atoms with Gasteiger partial charge in [0, 0.05) is 0 Å². The van der Waals surface area contributed by atoms with Crippen molar-refractivity contribution in [3.63, 3.8) is 0 Å². The zero-order valence-electron chi connectivity index (χ0n) is 9.27. The quantitative estimate of drug-likeness (QED) is 0.694. The van der Waals surface area contributed by atoms with Crippen LogP contribution in [0, 0.1) is 13.8 Å². The first-order chi connectivity index (χ1) is 7.06. The Morgan fingerprint density at radius 1 is 1.27 bits per heavy atom. The Kier molecular flexibility index (Phi) is 4.27. The van der Waals surface area contributed by atoms with E-state index in [-0.39, 0.29) is 0 Å². The summed E-state index contributed by atoms with van der Waals surface area (Å²) in [6, 6.07) is 5.84. The van der Waals surface area contributed by atoms with Crippen molar-refractivity contribution in [1.29, 1.82) is 0 Å². The third-order valence-corrected chi connectivity index (χ3v) is 2.58. The SMILES string of the molecule is Cc1ccc(C)c(C(O)C(O)CCN)c1. The second-order valence-electron chi connectivity index (χ2n) is 3.95. The van der Waals surface area contributed by atoms with Crippen molar-refractivity contribution in [3.05, 3.63) is 34.9 Å². The fourth-order valence-electron chi connectivity index (χ4n) is 1.61. The van der Waals surface area contributed by atoms with Crippen molar-refractivity contribution in [1.82, 2.24) is 0 Å². The maximum Gasteiger partial charge on any atom is 0.105 e. The van der Waals surface area contributed by atoms with E-state index in [1.54, 1.807) is 0 Å². The number of hydrogen-bond donors (Lipinski definition) is 3. The average molecular weight is 209 g/mol. The Morgan fingerprint density at radius 3 is 2.53 bits per heavy atom. The van der Waals surface area contributed by atoms with Crippen molar-refractivity contribution in [3.8, 4) is 0 Å². The third kappa shape index (κ3) is 3.02. The molecule has 15 heavy (non-hydrogen) atoms. The molecule has 1 rings (SSSR count). The van der Waals surface area contributed by atoms with Crippen LogP contribution < -0.4 is 5.73 Å². The molecule has 2 atom stereocenters. The van der Waals surface area contributed by atoms with Gasteiger partial charge in [0.2, 0.25) is 0 Å². The molecular formula is C12H19NO2. The van der Waals surface area contributed by atoms with E-state index in [0.29, 0.717) is 13.0 Å². The van der Waals surface area contributed by atoms with Crippen molar-refractivity contribution in [2.45, 2.75) is 32.5 Å². The van der Waals surface area contributed by atoms with E-state index in [1.807, 2.05) is 32.0 Å². The Labute approximate surface area is 90.5 Å². The van der Waals surface area contributed by atoms with Gasteiger partial charge in [-0.25, -0.2) is 0 Å².